The molecule has 0 aromatic carbocycles. The summed E-state index contributed by atoms with van der Waals surface area (Å²) in [7, 11) is 0. The zero-order valence-electron chi connectivity index (χ0n) is 13.7. The number of carbonyl (C=O) groups is 1. The number of anilines is 1. The summed E-state index contributed by atoms with van der Waals surface area (Å²) in [4.78, 5) is 26.8. The number of nitrogen functional groups attached to an aromatic ring is 1. The van der Waals surface area contributed by atoms with E-state index in [9.17, 15) is 18.4 Å². The van der Waals surface area contributed by atoms with Crippen molar-refractivity contribution in [3.63, 3.8) is 0 Å². The lowest BCUT2D eigenvalue weighted by atomic mass is 10.1. The molecule has 0 aliphatic carbocycles. The molecule has 134 valence electrons. The van der Waals surface area contributed by atoms with E-state index >= 15 is 0 Å². The van der Waals surface area contributed by atoms with Gasteiger partial charge in [0.2, 0.25) is 6.23 Å². The van der Waals surface area contributed by atoms with E-state index in [1.807, 2.05) is 0 Å². The van der Waals surface area contributed by atoms with Gasteiger partial charge >= 0.3 is 17.8 Å². The second-order valence-corrected chi connectivity index (χ2v) is 6.41. The number of alkyl halides is 2. The van der Waals surface area contributed by atoms with E-state index in [2.05, 4.69) is 4.98 Å². The third-order valence-electron chi connectivity index (χ3n) is 3.20. The van der Waals surface area contributed by atoms with Crippen LogP contribution in [0.15, 0.2) is 17.1 Å². The van der Waals surface area contributed by atoms with Gasteiger partial charge in [-0.1, -0.05) is 0 Å². The van der Waals surface area contributed by atoms with E-state index in [-0.39, 0.29) is 5.82 Å². The van der Waals surface area contributed by atoms with Crippen LogP contribution in [0, 0.1) is 0 Å². The van der Waals surface area contributed by atoms with E-state index in [1.54, 1.807) is 20.8 Å². The molecule has 1 aliphatic rings. The van der Waals surface area contributed by atoms with Crippen molar-refractivity contribution in [2.75, 3.05) is 5.73 Å². The van der Waals surface area contributed by atoms with Crippen LogP contribution in [0.3, 0.4) is 0 Å². The molecule has 1 aromatic rings. The molecule has 0 bridgehead atoms. The van der Waals surface area contributed by atoms with Crippen molar-refractivity contribution in [1.29, 1.82) is 0 Å². The summed E-state index contributed by atoms with van der Waals surface area (Å²) >= 11 is 0. The molecule has 1 aliphatic heterocycles. The molecule has 2 rings (SSSR count). The summed E-state index contributed by atoms with van der Waals surface area (Å²) in [6, 6.07) is 1.19. The van der Waals surface area contributed by atoms with Crippen molar-refractivity contribution in [3.05, 3.63) is 22.7 Å². The minimum atomic E-state index is -3.67. The molecule has 1 fully saturated rings. The van der Waals surface area contributed by atoms with Crippen molar-refractivity contribution >= 4 is 12.0 Å². The summed E-state index contributed by atoms with van der Waals surface area (Å²) < 4.78 is 44.6. The summed E-state index contributed by atoms with van der Waals surface area (Å²) in [5, 5.41) is 0. The Labute approximate surface area is 136 Å². The molecule has 0 amide bonds. The highest BCUT2D eigenvalue weighted by molar-refractivity contribution is 5.61. The lowest BCUT2D eigenvalue weighted by molar-refractivity contribution is -0.149. The molecular formula is C14H19F2N3O5. The monoisotopic (exact) mass is 347 g/mol. The lowest BCUT2D eigenvalue weighted by Gasteiger charge is -2.25. The smallest absolute Gasteiger partial charge is 0.429 e. The lowest BCUT2D eigenvalue weighted by Crippen LogP contribution is -2.44. The molecule has 1 saturated heterocycles. The molecule has 0 unspecified atom stereocenters. The van der Waals surface area contributed by atoms with Gasteiger partial charge in [-0.05, 0) is 33.8 Å². The first-order valence-corrected chi connectivity index (χ1v) is 7.19. The fourth-order valence-electron chi connectivity index (χ4n) is 2.23. The van der Waals surface area contributed by atoms with Gasteiger partial charge in [0.1, 0.15) is 17.5 Å². The quantitative estimate of drug-likeness (QED) is 0.812. The molecular weight excluding hydrogens is 328 g/mol. The SMILES string of the molecule is C[C@H]1O[C@@H](n2ccc(N)nc2=O)C(F)(F)[C@@H]1OC(=O)OC(C)(C)C. The van der Waals surface area contributed by atoms with Crippen molar-refractivity contribution in [2.45, 2.75) is 57.7 Å². The normalized spacial score (nSPS) is 26.2. The van der Waals surface area contributed by atoms with Crippen LogP contribution >= 0.6 is 0 Å². The van der Waals surface area contributed by atoms with Crippen molar-refractivity contribution < 1.29 is 27.8 Å². The first kappa shape index (κ1) is 18.1. The average Bonchev–Trinajstić information content (AvgIpc) is 2.60. The highest BCUT2D eigenvalue weighted by Gasteiger charge is 2.61. The Morgan fingerprint density at radius 2 is 2.08 bits per heavy atom. The third kappa shape index (κ3) is 3.64. The maximum Gasteiger partial charge on any atom is 0.509 e. The third-order valence-corrected chi connectivity index (χ3v) is 3.20. The van der Waals surface area contributed by atoms with Crippen LogP contribution in [0.5, 0.6) is 0 Å². The van der Waals surface area contributed by atoms with Crippen LogP contribution in [0.25, 0.3) is 0 Å². The number of aromatic nitrogens is 2. The number of carbonyl (C=O) groups excluding carboxylic acids is 1. The zero-order valence-corrected chi connectivity index (χ0v) is 13.7. The topological polar surface area (TPSA) is 106 Å². The standard InChI is InChI=1S/C14H19F2N3O5/c1-7-9(23-12(21)24-13(2,3)4)14(15,16)10(22-7)19-6-5-8(17)18-11(19)20/h5-7,9-10H,1-4H3,(H2,17,18,20)/t7-,9-,10-/m1/s1. The maximum atomic E-state index is 14.6. The second kappa shape index (κ2) is 6.00. The van der Waals surface area contributed by atoms with Crippen LogP contribution in [0.4, 0.5) is 19.4 Å². The summed E-state index contributed by atoms with van der Waals surface area (Å²) in [5.41, 5.74) is 3.44. The van der Waals surface area contributed by atoms with E-state index in [4.69, 9.17) is 19.9 Å². The first-order valence-electron chi connectivity index (χ1n) is 7.19. The molecule has 24 heavy (non-hydrogen) atoms. The maximum absolute atomic E-state index is 14.6. The Hall–Kier alpha value is -2.23. The minimum absolute atomic E-state index is 0.104. The van der Waals surface area contributed by atoms with Gasteiger partial charge < -0.3 is 19.9 Å². The first-order chi connectivity index (χ1) is 10.9. The van der Waals surface area contributed by atoms with E-state index < -0.39 is 41.8 Å². The fraction of sp³-hybridized carbons (Fsp3) is 0.643. The Morgan fingerprint density at radius 1 is 1.46 bits per heavy atom. The van der Waals surface area contributed by atoms with E-state index in [1.165, 1.54) is 13.0 Å². The van der Waals surface area contributed by atoms with Crippen LogP contribution in [-0.4, -0.2) is 39.4 Å². The number of halogens is 2. The fourth-order valence-corrected chi connectivity index (χ4v) is 2.23. The molecule has 3 atom stereocenters. The van der Waals surface area contributed by atoms with Gasteiger partial charge in [0.05, 0.1) is 0 Å². The van der Waals surface area contributed by atoms with Gasteiger partial charge in [0.25, 0.3) is 0 Å². The van der Waals surface area contributed by atoms with Gasteiger partial charge in [0, 0.05) is 6.20 Å². The van der Waals surface area contributed by atoms with Crippen LogP contribution in [0.2, 0.25) is 0 Å². The summed E-state index contributed by atoms with van der Waals surface area (Å²) in [6.45, 7) is 6.02. The van der Waals surface area contributed by atoms with Crippen molar-refractivity contribution in [2.24, 2.45) is 0 Å². The summed E-state index contributed by atoms with van der Waals surface area (Å²) in [5.74, 6) is -3.77. The largest absolute Gasteiger partial charge is 0.509 e. The minimum Gasteiger partial charge on any atom is -0.429 e. The molecule has 1 aromatic heterocycles. The van der Waals surface area contributed by atoms with Gasteiger partial charge in [-0.25, -0.2) is 9.59 Å². The Morgan fingerprint density at radius 3 is 2.62 bits per heavy atom. The average molecular weight is 347 g/mol. The number of ether oxygens (including phenoxy) is 3. The number of hydrogen-bond donors (Lipinski definition) is 1. The number of hydrogen-bond acceptors (Lipinski definition) is 7. The predicted octanol–water partition coefficient (Wildman–Crippen LogP) is 1.70. The molecule has 0 saturated carbocycles. The molecule has 0 spiro atoms. The van der Waals surface area contributed by atoms with Crippen LogP contribution < -0.4 is 11.4 Å². The number of rotatable bonds is 2. The highest BCUT2D eigenvalue weighted by Crippen LogP contribution is 2.43. The Bertz CT molecular complexity index is 686. The van der Waals surface area contributed by atoms with E-state index in [0.29, 0.717) is 4.57 Å². The highest BCUT2D eigenvalue weighted by atomic mass is 19.3. The second-order valence-electron chi connectivity index (χ2n) is 6.41. The molecule has 0 radical (unpaired) electrons. The molecule has 10 heteroatoms. The van der Waals surface area contributed by atoms with Crippen LogP contribution in [-0.2, 0) is 14.2 Å². The van der Waals surface area contributed by atoms with Crippen molar-refractivity contribution in [3.8, 4) is 0 Å². The molecule has 2 N–H and O–H groups in total. The predicted molar refractivity (Wildman–Crippen MR) is 78.5 cm³/mol. The molecule has 2 heterocycles. The van der Waals surface area contributed by atoms with E-state index in [0.717, 1.165) is 6.20 Å². The Balaban J connectivity index is 2.24. The number of nitrogens with zero attached hydrogens (tertiary/aromatic N) is 2. The summed E-state index contributed by atoms with van der Waals surface area (Å²) in [6.07, 6.45) is -5.25. The van der Waals surface area contributed by atoms with Crippen molar-refractivity contribution in [1.82, 2.24) is 9.55 Å². The Kier molecular flexibility index (Phi) is 4.53. The van der Waals surface area contributed by atoms with Gasteiger partial charge in [-0.3, -0.25) is 4.57 Å². The van der Waals surface area contributed by atoms with Gasteiger partial charge in [-0.2, -0.15) is 13.8 Å². The van der Waals surface area contributed by atoms with Crippen LogP contribution in [0.1, 0.15) is 33.9 Å². The molecule has 8 nitrogen and oxygen atoms in total. The zero-order chi connectivity index (χ0) is 18.3. The van der Waals surface area contributed by atoms with Gasteiger partial charge in [-0.15, -0.1) is 0 Å². The number of nitrogens with two attached hydrogens (primary N) is 1. The van der Waals surface area contributed by atoms with Gasteiger partial charge in [0.15, 0.2) is 6.10 Å².